The summed E-state index contributed by atoms with van der Waals surface area (Å²) < 4.78 is 27.8. The van der Waals surface area contributed by atoms with Crippen LogP contribution in [0, 0.1) is 0 Å². The fraction of sp³-hybridized carbons (Fsp3) is 0.750. The molecule has 9 heteroatoms. The Hall–Kier alpha value is 0.01000. The van der Waals surface area contributed by atoms with Gasteiger partial charge in [0.05, 0.1) is 0 Å². The normalized spacial score (nSPS) is 22.9. The van der Waals surface area contributed by atoms with E-state index in [4.69, 9.17) is 0 Å². The summed E-state index contributed by atoms with van der Waals surface area (Å²) in [6, 6.07) is 0. The van der Waals surface area contributed by atoms with Crippen molar-refractivity contribution in [2.45, 2.75) is 22.7 Å². The lowest BCUT2D eigenvalue weighted by Crippen LogP contribution is -2.40. The van der Waals surface area contributed by atoms with Crippen molar-refractivity contribution < 1.29 is 8.42 Å². The molecule has 17 heavy (non-hydrogen) atoms. The molecule has 2 rings (SSSR count). The van der Waals surface area contributed by atoms with Gasteiger partial charge in [0, 0.05) is 25.0 Å². The minimum Gasteiger partial charge on any atom is -0.235 e. The summed E-state index contributed by atoms with van der Waals surface area (Å²) in [6.45, 7) is 1.03. The van der Waals surface area contributed by atoms with Crippen LogP contribution >= 0.6 is 31.9 Å². The van der Waals surface area contributed by atoms with E-state index in [2.05, 4.69) is 42.2 Å². The van der Waals surface area contributed by atoms with Gasteiger partial charge in [0.1, 0.15) is 0 Å². The van der Waals surface area contributed by atoms with Crippen LogP contribution in [0.15, 0.2) is 9.63 Å². The number of aryl methyl sites for hydroxylation is 1. The number of alkyl halides is 1. The zero-order valence-electron chi connectivity index (χ0n) is 9.18. The van der Waals surface area contributed by atoms with Crippen LogP contribution in [0.25, 0.3) is 0 Å². The van der Waals surface area contributed by atoms with E-state index in [1.807, 2.05) is 0 Å². The summed E-state index contributed by atoms with van der Waals surface area (Å²) in [4.78, 5) is 0.214. The predicted molar refractivity (Wildman–Crippen MR) is 69.4 cm³/mol. The molecular formula is C8H12Br2N4O2S. The number of sulfonamides is 1. The molecule has 0 bridgehead atoms. The fourth-order valence-electron chi connectivity index (χ4n) is 1.83. The van der Waals surface area contributed by atoms with Crippen molar-refractivity contribution >= 4 is 41.9 Å². The van der Waals surface area contributed by atoms with Gasteiger partial charge < -0.3 is 0 Å². The molecule has 0 spiro atoms. The highest BCUT2D eigenvalue weighted by atomic mass is 79.9. The van der Waals surface area contributed by atoms with Gasteiger partial charge in [-0.15, -0.1) is 5.10 Å². The molecule has 6 nitrogen and oxygen atoms in total. The third-order valence-electron chi connectivity index (χ3n) is 2.65. The Kier molecular flexibility index (Phi) is 3.91. The van der Waals surface area contributed by atoms with Gasteiger partial charge in [-0.25, -0.2) is 13.1 Å². The lowest BCUT2D eigenvalue weighted by atomic mass is 10.2. The predicted octanol–water partition coefficient (Wildman–Crippen LogP) is 1.13. The van der Waals surface area contributed by atoms with Gasteiger partial charge in [0.15, 0.2) is 4.60 Å². The highest BCUT2D eigenvalue weighted by molar-refractivity contribution is 9.10. The van der Waals surface area contributed by atoms with E-state index in [0.29, 0.717) is 13.1 Å². The Morgan fingerprint density at radius 2 is 2.18 bits per heavy atom. The minimum atomic E-state index is -3.52. The number of aromatic nitrogens is 3. The molecule has 0 amide bonds. The van der Waals surface area contributed by atoms with E-state index >= 15 is 0 Å². The Morgan fingerprint density at radius 1 is 1.47 bits per heavy atom. The lowest BCUT2D eigenvalue weighted by Gasteiger charge is -2.28. The van der Waals surface area contributed by atoms with E-state index in [1.54, 1.807) is 7.05 Å². The molecule has 1 aliphatic rings. The highest BCUT2D eigenvalue weighted by Crippen LogP contribution is 2.26. The SMILES string of the molecule is Cn1nnc(Br)c1S(=O)(=O)N1CCCC(Br)C1. The first kappa shape index (κ1) is 13.4. The van der Waals surface area contributed by atoms with E-state index in [9.17, 15) is 8.42 Å². The smallest absolute Gasteiger partial charge is 0.235 e. The standard InChI is InChI=1S/C8H12Br2N4O2S/c1-13-8(7(10)11-12-13)17(15,16)14-4-2-3-6(9)5-14/h6H,2-5H2,1H3. The molecule has 0 radical (unpaired) electrons. The number of rotatable bonds is 2. The zero-order chi connectivity index (χ0) is 12.6. The number of hydrogen-bond acceptors (Lipinski definition) is 4. The van der Waals surface area contributed by atoms with Crippen molar-refractivity contribution in [3.8, 4) is 0 Å². The second kappa shape index (κ2) is 4.94. The van der Waals surface area contributed by atoms with Gasteiger partial charge in [-0.1, -0.05) is 21.1 Å². The van der Waals surface area contributed by atoms with Crippen LogP contribution in [-0.4, -0.2) is 45.6 Å². The highest BCUT2D eigenvalue weighted by Gasteiger charge is 2.33. The van der Waals surface area contributed by atoms with Crippen molar-refractivity contribution in [2.24, 2.45) is 7.05 Å². The van der Waals surface area contributed by atoms with Crippen LogP contribution in [-0.2, 0) is 17.1 Å². The zero-order valence-corrected chi connectivity index (χ0v) is 13.2. The Morgan fingerprint density at radius 3 is 2.71 bits per heavy atom. The summed E-state index contributed by atoms with van der Waals surface area (Å²) in [5.74, 6) is 0. The second-order valence-corrected chi connectivity index (χ2v) is 7.81. The van der Waals surface area contributed by atoms with Gasteiger partial charge in [-0.3, -0.25) is 0 Å². The maximum atomic E-state index is 12.4. The molecule has 0 aliphatic carbocycles. The number of piperidine rings is 1. The summed E-state index contributed by atoms with van der Waals surface area (Å²) in [5, 5.41) is 7.52. The first-order valence-electron chi connectivity index (χ1n) is 5.12. The maximum absolute atomic E-state index is 12.4. The second-order valence-electron chi connectivity index (χ2n) is 3.91. The van der Waals surface area contributed by atoms with Gasteiger partial charge in [0.2, 0.25) is 5.03 Å². The van der Waals surface area contributed by atoms with Crippen molar-refractivity contribution in [3.63, 3.8) is 0 Å². The maximum Gasteiger partial charge on any atom is 0.263 e. The Bertz CT molecular complexity index is 496. The Labute approximate surface area is 117 Å². The van der Waals surface area contributed by atoms with Crippen molar-refractivity contribution in [1.82, 2.24) is 19.3 Å². The van der Waals surface area contributed by atoms with Crippen LogP contribution in [0.1, 0.15) is 12.8 Å². The third-order valence-corrected chi connectivity index (χ3v) is 6.15. The first-order valence-corrected chi connectivity index (χ1v) is 8.27. The van der Waals surface area contributed by atoms with Crippen molar-refractivity contribution in [1.29, 1.82) is 0 Å². The molecule has 2 heterocycles. The van der Waals surface area contributed by atoms with Crippen LogP contribution in [0.4, 0.5) is 0 Å². The average Bonchev–Trinajstić information content (AvgIpc) is 2.59. The lowest BCUT2D eigenvalue weighted by molar-refractivity contribution is 0.352. The van der Waals surface area contributed by atoms with Crippen LogP contribution in [0.5, 0.6) is 0 Å². The topological polar surface area (TPSA) is 68.1 Å². The molecule has 0 N–H and O–H groups in total. The van der Waals surface area contributed by atoms with Crippen LogP contribution in [0.3, 0.4) is 0 Å². The van der Waals surface area contributed by atoms with Crippen LogP contribution in [0.2, 0.25) is 0 Å². The summed E-state index contributed by atoms with van der Waals surface area (Å²) in [5.41, 5.74) is 0. The summed E-state index contributed by atoms with van der Waals surface area (Å²) >= 11 is 6.59. The molecule has 1 aromatic rings. The summed E-state index contributed by atoms with van der Waals surface area (Å²) in [6.07, 6.45) is 1.86. The third kappa shape index (κ3) is 2.56. The molecule has 96 valence electrons. The number of halogens is 2. The van der Waals surface area contributed by atoms with Gasteiger partial charge in [-0.2, -0.15) is 4.31 Å². The number of nitrogens with zero attached hydrogens (tertiary/aromatic N) is 4. The molecule has 0 aromatic carbocycles. The minimum absolute atomic E-state index is 0.110. The molecular weight excluding hydrogens is 376 g/mol. The molecule has 1 fully saturated rings. The van der Waals surface area contributed by atoms with Crippen molar-refractivity contribution in [3.05, 3.63) is 4.60 Å². The average molecular weight is 388 g/mol. The van der Waals surface area contributed by atoms with Crippen molar-refractivity contribution in [2.75, 3.05) is 13.1 Å². The van der Waals surface area contributed by atoms with Gasteiger partial charge >= 0.3 is 0 Å². The molecule has 1 aliphatic heterocycles. The largest absolute Gasteiger partial charge is 0.263 e. The van der Waals surface area contributed by atoms with E-state index in [-0.39, 0.29) is 14.5 Å². The molecule has 0 saturated carbocycles. The van der Waals surface area contributed by atoms with E-state index < -0.39 is 10.0 Å². The fourth-order valence-corrected chi connectivity index (χ4v) is 5.25. The Balaban J connectivity index is 2.36. The van der Waals surface area contributed by atoms with E-state index in [1.165, 1.54) is 8.99 Å². The van der Waals surface area contributed by atoms with Crippen LogP contribution < -0.4 is 0 Å². The first-order chi connectivity index (χ1) is 7.93. The monoisotopic (exact) mass is 386 g/mol. The molecule has 1 atom stereocenters. The molecule has 1 unspecified atom stereocenters. The van der Waals surface area contributed by atoms with E-state index in [0.717, 1.165) is 12.8 Å². The summed E-state index contributed by atoms with van der Waals surface area (Å²) in [7, 11) is -1.95. The quantitative estimate of drug-likeness (QED) is 0.713. The van der Waals surface area contributed by atoms with Gasteiger partial charge in [-0.05, 0) is 28.8 Å². The van der Waals surface area contributed by atoms with Gasteiger partial charge in [0.25, 0.3) is 10.0 Å². The molecule has 1 saturated heterocycles. The number of hydrogen-bond donors (Lipinski definition) is 0. The molecule has 1 aromatic heterocycles.